The summed E-state index contributed by atoms with van der Waals surface area (Å²) in [5.74, 6) is 0.00178. The number of hydrogen-bond donors (Lipinski definition) is 4. The van der Waals surface area contributed by atoms with Gasteiger partial charge in [-0.2, -0.15) is 0 Å². The summed E-state index contributed by atoms with van der Waals surface area (Å²) in [6.45, 7) is 1.34. The van der Waals surface area contributed by atoms with Crippen LogP contribution in [0.1, 0.15) is 40.8 Å². The standard InChI is InChI=1S/C23H28O6/c1-12-21(26)20(11-24)29-23(22(12)27)17-9-16(19(28-2)10-18(17)25)8-13-3-4-14-5-6-15(14)7-13/h3-4,7,9-10,12,20-27H,5-6,8,11H2,1-2H3/t12-,20+,21-,22+,23-/m0/s1. The number of aliphatic hydroxyl groups excluding tert-OH is 3. The molecule has 4 N–H and O–H groups in total. The number of fused-ring (bicyclic) bond motifs is 1. The first kappa shape index (κ1) is 20.2. The second kappa shape index (κ2) is 7.95. The van der Waals surface area contributed by atoms with Gasteiger partial charge >= 0.3 is 0 Å². The third-order valence-electron chi connectivity index (χ3n) is 6.34. The van der Waals surface area contributed by atoms with Gasteiger partial charge in [-0.1, -0.05) is 25.1 Å². The quantitative estimate of drug-likeness (QED) is 0.612. The molecule has 6 nitrogen and oxygen atoms in total. The van der Waals surface area contributed by atoms with Crippen molar-refractivity contribution in [2.75, 3.05) is 13.7 Å². The summed E-state index contributed by atoms with van der Waals surface area (Å²) in [5.41, 5.74) is 5.22. The van der Waals surface area contributed by atoms with Gasteiger partial charge in [-0.15, -0.1) is 0 Å². The Morgan fingerprint density at radius 3 is 2.45 bits per heavy atom. The molecule has 29 heavy (non-hydrogen) atoms. The van der Waals surface area contributed by atoms with E-state index in [1.165, 1.54) is 17.2 Å². The zero-order chi connectivity index (χ0) is 20.7. The van der Waals surface area contributed by atoms with Crippen molar-refractivity contribution < 1.29 is 29.9 Å². The summed E-state index contributed by atoms with van der Waals surface area (Å²) in [6.07, 6.45) is -0.816. The lowest BCUT2D eigenvalue weighted by molar-refractivity contribution is -0.208. The van der Waals surface area contributed by atoms with Crippen LogP contribution < -0.4 is 4.74 Å². The molecule has 2 aromatic carbocycles. The van der Waals surface area contributed by atoms with Crippen LogP contribution in [0.2, 0.25) is 0 Å². The summed E-state index contributed by atoms with van der Waals surface area (Å²) in [6, 6.07) is 9.80. The van der Waals surface area contributed by atoms with E-state index in [-0.39, 0.29) is 12.4 Å². The normalized spacial score (nSPS) is 28.5. The topological polar surface area (TPSA) is 99.4 Å². The molecule has 1 aliphatic carbocycles. The molecule has 156 valence electrons. The molecule has 5 atom stereocenters. The monoisotopic (exact) mass is 400 g/mol. The number of methoxy groups -OCH3 is 1. The smallest absolute Gasteiger partial charge is 0.126 e. The molecular formula is C23H28O6. The number of rotatable bonds is 5. The maximum Gasteiger partial charge on any atom is 0.126 e. The minimum Gasteiger partial charge on any atom is -0.507 e. The van der Waals surface area contributed by atoms with Crippen LogP contribution in [-0.2, 0) is 24.0 Å². The first-order valence-corrected chi connectivity index (χ1v) is 10.1. The lowest BCUT2D eigenvalue weighted by Crippen LogP contribution is -2.50. The van der Waals surface area contributed by atoms with Crippen molar-refractivity contribution in [1.29, 1.82) is 0 Å². The van der Waals surface area contributed by atoms with Gasteiger partial charge in [-0.05, 0) is 41.2 Å². The number of aromatic hydroxyl groups is 1. The molecule has 1 aliphatic heterocycles. The lowest BCUT2D eigenvalue weighted by atomic mass is 9.83. The van der Waals surface area contributed by atoms with Crippen molar-refractivity contribution in [3.8, 4) is 11.5 Å². The first-order valence-electron chi connectivity index (χ1n) is 10.1. The number of hydrogen-bond acceptors (Lipinski definition) is 6. The predicted molar refractivity (Wildman–Crippen MR) is 107 cm³/mol. The highest BCUT2D eigenvalue weighted by Crippen LogP contribution is 2.41. The number of aryl methyl sites for hydroxylation is 2. The molecule has 0 amide bonds. The Hall–Kier alpha value is -2.12. The third-order valence-corrected chi connectivity index (χ3v) is 6.34. The number of phenols is 1. The number of phenolic OH excluding ortho intramolecular Hbond substituents is 1. The molecule has 6 heteroatoms. The van der Waals surface area contributed by atoms with E-state index in [1.54, 1.807) is 20.1 Å². The Kier molecular flexibility index (Phi) is 5.53. The van der Waals surface area contributed by atoms with Gasteiger partial charge in [-0.25, -0.2) is 0 Å². The van der Waals surface area contributed by atoms with E-state index in [0.29, 0.717) is 17.7 Å². The van der Waals surface area contributed by atoms with E-state index >= 15 is 0 Å². The average molecular weight is 400 g/mol. The molecule has 1 fully saturated rings. The van der Waals surface area contributed by atoms with Gasteiger partial charge in [-0.3, -0.25) is 0 Å². The number of benzene rings is 2. The van der Waals surface area contributed by atoms with Crippen molar-refractivity contribution in [2.45, 2.75) is 50.6 Å². The Morgan fingerprint density at radius 1 is 1.07 bits per heavy atom. The van der Waals surface area contributed by atoms with Crippen LogP contribution in [0.4, 0.5) is 0 Å². The van der Waals surface area contributed by atoms with Gasteiger partial charge in [0.1, 0.15) is 23.7 Å². The van der Waals surface area contributed by atoms with Crippen molar-refractivity contribution in [1.82, 2.24) is 0 Å². The highest BCUT2D eigenvalue weighted by molar-refractivity contribution is 5.50. The minimum atomic E-state index is -1.02. The molecule has 0 saturated carbocycles. The molecule has 0 bridgehead atoms. The molecule has 0 radical (unpaired) electrons. The van der Waals surface area contributed by atoms with Crippen LogP contribution in [-0.4, -0.2) is 52.5 Å². The highest BCUT2D eigenvalue weighted by Gasteiger charge is 2.43. The van der Waals surface area contributed by atoms with Crippen LogP contribution in [0, 0.1) is 5.92 Å². The fourth-order valence-corrected chi connectivity index (χ4v) is 4.34. The maximum absolute atomic E-state index is 10.7. The second-order valence-electron chi connectivity index (χ2n) is 8.12. The van der Waals surface area contributed by atoms with Gasteiger partial charge in [0.25, 0.3) is 0 Å². The Labute approximate surface area is 170 Å². The van der Waals surface area contributed by atoms with Crippen molar-refractivity contribution >= 4 is 0 Å². The molecule has 4 rings (SSSR count). The Bertz CT molecular complexity index is 893. The summed E-state index contributed by atoms with van der Waals surface area (Å²) in [5, 5.41) is 41.0. The van der Waals surface area contributed by atoms with Crippen LogP contribution in [0.3, 0.4) is 0 Å². The molecule has 1 saturated heterocycles. The average Bonchev–Trinajstić information content (AvgIpc) is 2.70. The van der Waals surface area contributed by atoms with Gasteiger partial charge in [0, 0.05) is 24.0 Å². The number of aliphatic hydroxyl groups is 3. The summed E-state index contributed by atoms with van der Waals surface area (Å²) < 4.78 is 11.2. The summed E-state index contributed by atoms with van der Waals surface area (Å²) in [4.78, 5) is 0. The summed E-state index contributed by atoms with van der Waals surface area (Å²) >= 11 is 0. The van der Waals surface area contributed by atoms with Gasteiger partial charge in [0.2, 0.25) is 0 Å². The molecule has 1 heterocycles. The van der Waals surface area contributed by atoms with Crippen LogP contribution in [0.25, 0.3) is 0 Å². The zero-order valence-corrected chi connectivity index (χ0v) is 16.7. The van der Waals surface area contributed by atoms with E-state index < -0.39 is 30.3 Å². The van der Waals surface area contributed by atoms with Crippen LogP contribution >= 0.6 is 0 Å². The van der Waals surface area contributed by atoms with Crippen molar-refractivity contribution in [3.63, 3.8) is 0 Å². The molecular weight excluding hydrogens is 372 g/mol. The van der Waals surface area contributed by atoms with E-state index in [0.717, 1.165) is 24.0 Å². The molecule has 0 spiro atoms. The van der Waals surface area contributed by atoms with E-state index in [9.17, 15) is 20.4 Å². The lowest BCUT2D eigenvalue weighted by Gasteiger charge is -2.41. The fraction of sp³-hybridized carbons (Fsp3) is 0.478. The van der Waals surface area contributed by atoms with Crippen molar-refractivity contribution in [2.24, 2.45) is 5.92 Å². The van der Waals surface area contributed by atoms with E-state index in [2.05, 4.69) is 18.2 Å². The largest absolute Gasteiger partial charge is 0.507 e. The Balaban J connectivity index is 1.68. The first-order chi connectivity index (χ1) is 13.9. The molecule has 2 aliphatic rings. The summed E-state index contributed by atoms with van der Waals surface area (Å²) in [7, 11) is 1.56. The molecule has 0 aromatic heterocycles. The minimum absolute atomic E-state index is 0.0490. The maximum atomic E-state index is 10.7. The third kappa shape index (κ3) is 3.62. The van der Waals surface area contributed by atoms with Crippen LogP contribution in [0.15, 0.2) is 30.3 Å². The van der Waals surface area contributed by atoms with Crippen LogP contribution in [0.5, 0.6) is 11.5 Å². The van der Waals surface area contributed by atoms with E-state index in [1.807, 2.05) is 0 Å². The highest BCUT2D eigenvalue weighted by atomic mass is 16.5. The number of ether oxygens (including phenoxy) is 2. The SMILES string of the molecule is COc1cc(O)c([C@@H]2O[C@H](CO)[C@@H](O)[C@H](C)[C@H]2O)cc1Cc1ccc2c(c1)CC2. The fourth-order valence-electron chi connectivity index (χ4n) is 4.34. The van der Waals surface area contributed by atoms with Gasteiger partial charge in [0.05, 0.1) is 25.9 Å². The van der Waals surface area contributed by atoms with Crippen molar-refractivity contribution in [3.05, 3.63) is 58.1 Å². The van der Waals surface area contributed by atoms with Gasteiger partial charge in [0.15, 0.2) is 0 Å². The van der Waals surface area contributed by atoms with Gasteiger partial charge < -0.3 is 29.9 Å². The van der Waals surface area contributed by atoms with E-state index in [4.69, 9.17) is 9.47 Å². The molecule has 2 aromatic rings. The zero-order valence-electron chi connectivity index (χ0n) is 16.7. The molecule has 0 unspecified atom stereocenters. The predicted octanol–water partition coefficient (Wildman–Crippen LogP) is 1.88. The second-order valence-corrected chi connectivity index (χ2v) is 8.12. The Morgan fingerprint density at radius 2 is 1.83 bits per heavy atom.